The number of piperazine rings is 1. The SMILES string of the molecule is CN(Cc1ccccc1)C(=O)CCc1nc(CN2CCN(S(=O)(=O)c3cccs3)CC2)no1.Cl. The minimum Gasteiger partial charge on any atom is -0.341 e. The fourth-order valence-electron chi connectivity index (χ4n) is 3.67. The number of hydrogen-bond donors (Lipinski definition) is 0. The minimum absolute atomic E-state index is 0. The van der Waals surface area contributed by atoms with Crippen LogP contribution in [0.1, 0.15) is 23.7 Å². The number of aryl methyl sites for hydroxylation is 1. The number of rotatable bonds is 9. The van der Waals surface area contributed by atoms with Crippen LogP contribution in [-0.2, 0) is 34.3 Å². The summed E-state index contributed by atoms with van der Waals surface area (Å²) in [5, 5.41) is 5.80. The van der Waals surface area contributed by atoms with Gasteiger partial charge in [0.15, 0.2) is 5.82 Å². The second kappa shape index (κ2) is 11.9. The Balaban J connectivity index is 0.00000324. The second-order valence-corrected chi connectivity index (χ2v) is 11.1. The third-order valence-corrected chi connectivity index (χ3v) is 8.81. The molecule has 1 fully saturated rings. The first-order valence-electron chi connectivity index (χ1n) is 10.8. The fourth-order valence-corrected chi connectivity index (χ4v) is 6.24. The van der Waals surface area contributed by atoms with Crippen molar-refractivity contribution < 1.29 is 17.7 Å². The molecule has 2 aromatic heterocycles. The Kier molecular flexibility index (Phi) is 9.20. The van der Waals surface area contributed by atoms with Gasteiger partial charge < -0.3 is 9.42 Å². The molecule has 4 rings (SSSR count). The molecule has 1 saturated heterocycles. The van der Waals surface area contributed by atoms with E-state index in [-0.39, 0.29) is 18.3 Å². The van der Waals surface area contributed by atoms with Crippen molar-refractivity contribution >= 4 is 39.7 Å². The van der Waals surface area contributed by atoms with Crippen LogP contribution in [0.2, 0.25) is 0 Å². The standard InChI is InChI=1S/C22H27N5O4S2.ClH/c1-25(16-18-6-3-2-4-7-18)21(28)10-9-20-23-19(24-31-20)17-26-11-13-27(14-12-26)33(29,30)22-8-5-15-32-22;/h2-8,15H,9-14,16-17H2,1H3;1H. The molecule has 1 aliphatic rings. The number of nitrogens with zero attached hydrogens (tertiary/aromatic N) is 5. The normalized spacial score (nSPS) is 15.1. The van der Waals surface area contributed by atoms with Gasteiger partial charge >= 0.3 is 0 Å². The van der Waals surface area contributed by atoms with Crippen molar-refractivity contribution in [3.63, 3.8) is 0 Å². The molecule has 0 aliphatic carbocycles. The zero-order chi connectivity index (χ0) is 23.3. The van der Waals surface area contributed by atoms with E-state index >= 15 is 0 Å². The first-order valence-corrected chi connectivity index (χ1v) is 13.1. The zero-order valence-corrected chi connectivity index (χ0v) is 21.3. The molecule has 0 spiro atoms. The van der Waals surface area contributed by atoms with E-state index in [1.807, 2.05) is 30.3 Å². The van der Waals surface area contributed by atoms with Crippen LogP contribution in [0, 0.1) is 0 Å². The predicted molar refractivity (Wildman–Crippen MR) is 131 cm³/mol. The fraction of sp³-hybridized carbons (Fsp3) is 0.409. The molecular weight excluding hydrogens is 498 g/mol. The lowest BCUT2D eigenvalue weighted by atomic mass is 10.2. The number of aromatic nitrogens is 2. The Morgan fingerprint density at radius 1 is 1.12 bits per heavy atom. The smallest absolute Gasteiger partial charge is 0.252 e. The van der Waals surface area contributed by atoms with E-state index in [0.29, 0.717) is 68.0 Å². The summed E-state index contributed by atoms with van der Waals surface area (Å²) in [4.78, 5) is 20.6. The third-order valence-electron chi connectivity index (χ3n) is 5.54. The second-order valence-electron chi connectivity index (χ2n) is 7.95. The van der Waals surface area contributed by atoms with Gasteiger partial charge in [-0.3, -0.25) is 9.69 Å². The molecule has 0 unspecified atom stereocenters. The Labute approximate surface area is 209 Å². The summed E-state index contributed by atoms with van der Waals surface area (Å²) in [7, 11) is -1.63. The summed E-state index contributed by atoms with van der Waals surface area (Å²) < 4.78 is 32.5. The van der Waals surface area contributed by atoms with E-state index in [9.17, 15) is 13.2 Å². The summed E-state index contributed by atoms with van der Waals surface area (Å²) in [6, 6.07) is 13.2. The maximum Gasteiger partial charge on any atom is 0.252 e. The van der Waals surface area contributed by atoms with Gasteiger partial charge in [-0.1, -0.05) is 41.6 Å². The number of amides is 1. The highest BCUT2D eigenvalue weighted by Crippen LogP contribution is 2.22. The number of thiophene rings is 1. The lowest BCUT2D eigenvalue weighted by molar-refractivity contribution is -0.130. The van der Waals surface area contributed by atoms with E-state index in [4.69, 9.17) is 4.52 Å². The molecule has 1 amide bonds. The molecule has 0 atom stereocenters. The largest absolute Gasteiger partial charge is 0.341 e. The van der Waals surface area contributed by atoms with Gasteiger partial charge in [-0.25, -0.2) is 8.42 Å². The summed E-state index contributed by atoms with van der Waals surface area (Å²) in [6.07, 6.45) is 0.683. The van der Waals surface area contributed by atoms with Crippen LogP contribution < -0.4 is 0 Å². The van der Waals surface area contributed by atoms with E-state index in [1.165, 1.54) is 15.6 Å². The van der Waals surface area contributed by atoms with Crippen molar-refractivity contribution in [2.24, 2.45) is 0 Å². The van der Waals surface area contributed by atoms with Crippen molar-refractivity contribution in [1.82, 2.24) is 24.2 Å². The minimum atomic E-state index is -3.41. The van der Waals surface area contributed by atoms with Crippen LogP contribution in [0.3, 0.4) is 0 Å². The van der Waals surface area contributed by atoms with Gasteiger partial charge in [0.1, 0.15) is 4.21 Å². The Morgan fingerprint density at radius 2 is 1.85 bits per heavy atom. The molecule has 0 radical (unpaired) electrons. The molecule has 0 bridgehead atoms. The summed E-state index contributed by atoms with van der Waals surface area (Å²) in [6.45, 7) is 3.08. The molecule has 12 heteroatoms. The van der Waals surface area contributed by atoms with Crippen LogP contribution in [0.5, 0.6) is 0 Å². The zero-order valence-electron chi connectivity index (χ0n) is 18.9. The summed E-state index contributed by atoms with van der Waals surface area (Å²) in [5.74, 6) is 0.997. The average Bonchev–Trinajstić information content (AvgIpc) is 3.51. The Morgan fingerprint density at radius 3 is 2.53 bits per heavy atom. The van der Waals surface area contributed by atoms with Gasteiger partial charge in [0.25, 0.3) is 10.0 Å². The maximum absolute atomic E-state index is 12.6. The Bertz CT molecular complexity index is 1150. The van der Waals surface area contributed by atoms with Crippen molar-refractivity contribution in [2.75, 3.05) is 33.2 Å². The molecule has 1 aliphatic heterocycles. The summed E-state index contributed by atoms with van der Waals surface area (Å²) in [5.41, 5.74) is 1.08. The number of carbonyl (C=O) groups excluding carboxylic acids is 1. The van der Waals surface area contributed by atoms with Crippen LogP contribution in [0.25, 0.3) is 0 Å². The number of carbonyl (C=O) groups is 1. The molecule has 34 heavy (non-hydrogen) atoms. The number of benzene rings is 1. The van der Waals surface area contributed by atoms with E-state index < -0.39 is 10.0 Å². The molecule has 0 N–H and O–H groups in total. The van der Waals surface area contributed by atoms with E-state index in [0.717, 1.165) is 5.56 Å². The monoisotopic (exact) mass is 525 g/mol. The van der Waals surface area contributed by atoms with E-state index in [2.05, 4.69) is 15.0 Å². The quantitative estimate of drug-likeness (QED) is 0.423. The van der Waals surface area contributed by atoms with Gasteiger partial charge in [0, 0.05) is 52.6 Å². The molecule has 0 saturated carbocycles. The van der Waals surface area contributed by atoms with Crippen molar-refractivity contribution in [1.29, 1.82) is 0 Å². The lowest BCUT2D eigenvalue weighted by Crippen LogP contribution is -2.48. The Hall–Kier alpha value is -2.31. The lowest BCUT2D eigenvalue weighted by Gasteiger charge is -2.32. The number of sulfonamides is 1. The van der Waals surface area contributed by atoms with Crippen molar-refractivity contribution in [2.45, 2.75) is 30.1 Å². The maximum atomic E-state index is 12.6. The summed E-state index contributed by atoms with van der Waals surface area (Å²) >= 11 is 1.24. The molecule has 184 valence electrons. The topological polar surface area (TPSA) is 99.9 Å². The van der Waals surface area contributed by atoms with Gasteiger partial charge in [0.05, 0.1) is 6.54 Å². The number of halogens is 1. The molecule has 1 aromatic carbocycles. The molecular formula is C22H28ClN5O4S2. The highest BCUT2D eigenvalue weighted by Gasteiger charge is 2.29. The number of hydrogen-bond acceptors (Lipinski definition) is 8. The highest BCUT2D eigenvalue weighted by molar-refractivity contribution is 7.91. The van der Waals surface area contributed by atoms with Gasteiger partial charge in [0.2, 0.25) is 11.8 Å². The van der Waals surface area contributed by atoms with E-state index in [1.54, 1.807) is 29.5 Å². The van der Waals surface area contributed by atoms with Crippen LogP contribution >= 0.6 is 23.7 Å². The van der Waals surface area contributed by atoms with Gasteiger partial charge in [-0.05, 0) is 17.0 Å². The van der Waals surface area contributed by atoms with Crippen LogP contribution in [-0.4, -0.2) is 71.8 Å². The molecule has 9 nitrogen and oxygen atoms in total. The highest BCUT2D eigenvalue weighted by atomic mass is 35.5. The first-order chi connectivity index (χ1) is 15.9. The van der Waals surface area contributed by atoms with Gasteiger partial charge in [-0.15, -0.1) is 23.7 Å². The van der Waals surface area contributed by atoms with Crippen LogP contribution in [0.4, 0.5) is 0 Å². The first kappa shape index (κ1) is 26.3. The van der Waals surface area contributed by atoms with Gasteiger partial charge in [-0.2, -0.15) is 9.29 Å². The predicted octanol–water partition coefficient (Wildman–Crippen LogP) is 2.65. The third kappa shape index (κ3) is 6.63. The van der Waals surface area contributed by atoms with Crippen LogP contribution in [0.15, 0.2) is 56.6 Å². The average molecular weight is 526 g/mol. The molecule has 3 heterocycles. The molecule has 3 aromatic rings. The van der Waals surface area contributed by atoms with Crippen molar-refractivity contribution in [3.8, 4) is 0 Å². The van der Waals surface area contributed by atoms with Crippen molar-refractivity contribution in [3.05, 3.63) is 65.1 Å².